The van der Waals surface area contributed by atoms with Crippen molar-refractivity contribution in [3.8, 4) is 0 Å². The maximum absolute atomic E-state index is 4.30. The second kappa shape index (κ2) is 4.03. The van der Waals surface area contributed by atoms with Crippen LogP contribution in [0.5, 0.6) is 0 Å². The lowest BCUT2D eigenvalue weighted by Crippen LogP contribution is -1.96. The topological polar surface area (TPSA) is 30.2 Å². The maximum atomic E-state index is 4.30. The van der Waals surface area contributed by atoms with Crippen LogP contribution in [0.2, 0.25) is 0 Å². The lowest BCUT2D eigenvalue weighted by atomic mass is 10.3. The van der Waals surface area contributed by atoms with Crippen LogP contribution in [0.3, 0.4) is 0 Å². The second-order valence-electron chi connectivity index (χ2n) is 2.64. The molecule has 13 heavy (non-hydrogen) atoms. The molecule has 0 aliphatic carbocycles. The molecule has 3 nitrogen and oxygen atoms in total. The van der Waals surface area contributed by atoms with Gasteiger partial charge in [0.1, 0.15) is 0 Å². The van der Waals surface area contributed by atoms with Crippen molar-refractivity contribution >= 4 is 5.65 Å². The quantitative estimate of drug-likeness (QED) is 0.618. The molecule has 3 heteroatoms. The molecule has 0 unspecified atom stereocenters. The average molecular weight is 177 g/mol. The molecule has 0 fully saturated rings. The van der Waals surface area contributed by atoms with Crippen LogP contribution in [0.1, 0.15) is 25.2 Å². The van der Waals surface area contributed by atoms with E-state index in [2.05, 4.69) is 10.1 Å². The average Bonchev–Trinajstić information content (AvgIpc) is 2.55. The maximum Gasteiger partial charge on any atom is 0.155 e. The fourth-order valence-corrected chi connectivity index (χ4v) is 1.23. The Balaban J connectivity index is 0.000000396. The minimum atomic E-state index is 0.919. The summed E-state index contributed by atoms with van der Waals surface area (Å²) < 4.78 is 1.83. The lowest BCUT2D eigenvalue weighted by molar-refractivity contribution is 0.886. The molecular formula is C10H15N3. The van der Waals surface area contributed by atoms with E-state index >= 15 is 0 Å². The van der Waals surface area contributed by atoms with E-state index in [4.69, 9.17) is 0 Å². The van der Waals surface area contributed by atoms with Crippen molar-refractivity contribution in [2.75, 3.05) is 0 Å². The zero-order chi connectivity index (χ0) is 9.84. The second-order valence-corrected chi connectivity index (χ2v) is 2.64. The Morgan fingerprint density at radius 2 is 1.92 bits per heavy atom. The summed E-state index contributed by atoms with van der Waals surface area (Å²) in [6, 6.07) is 3.92. The summed E-state index contributed by atoms with van der Waals surface area (Å²) in [5, 5.41) is 4.11. The van der Waals surface area contributed by atoms with Crippen molar-refractivity contribution in [2.45, 2.75) is 27.7 Å². The van der Waals surface area contributed by atoms with Crippen molar-refractivity contribution in [3.63, 3.8) is 0 Å². The van der Waals surface area contributed by atoms with Gasteiger partial charge in [-0.3, -0.25) is 0 Å². The normalized spacial score (nSPS) is 9.54. The van der Waals surface area contributed by atoms with Crippen LogP contribution in [0, 0.1) is 13.8 Å². The van der Waals surface area contributed by atoms with Gasteiger partial charge in [-0.2, -0.15) is 5.10 Å². The number of aryl methyl sites for hydroxylation is 2. The SMILES string of the molecule is CC.Cc1cc(C)n2nccc2n1. The number of fused-ring (bicyclic) bond motifs is 1. The van der Waals surface area contributed by atoms with Crippen LogP contribution in [-0.2, 0) is 0 Å². The lowest BCUT2D eigenvalue weighted by Gasteiger charge is -1.98. The van der Waals surface area contributed by atoms with Gasteiger partial charge in [0, 0.05) is 17.5 Å². The Hall–Kier alpha value is -1.38. The first-order chi connectivity index (χ1) is 6.27. The Bertz CT molecular complexity index is 390. The molecule has 0 aliphatic rings. The first-order valence-electron chi connectivity index (χ1n) is 4.55. The molecular weight excluding hydrogens is 162 g/mol. The van der Waals surface area contributed by atoms with Gasteiger partial charge in [0.2, 0.25) is 0 Å². The highest BCUT2D eigenvalue weighted by atomic mass is 15.2. The Morgan fingerprint density at radius 3 is 2.62 bits per heavy atom. The van der Waals surface area contributed by atoms with Crippen molar-refractivity contribution in [1.82, 2.24) is 14.6 Å². The molecule has 2 rings (SSSR count). The molecule has 0 atom stereocenters. The van der Waals surface area contributed by atoms with Gasteiger partial charge in [-0.15, -0.1) is 0 Å². The van der Waals surface area contributed by atoms with Crippen LogP contribution in [-0.4, -0.2) is 14.6 Å². The summed E-state index contributed by atoms with van der Waals surface area (Å²) in [6.45, 7) is 8.01. The van der Waals surface area contributed by atoms with E-state index in [1.807, 2.05) is 44.3 Å². The largest absolute Gasteiger partial charge is 0.234 e. The highest BCUT2D eigenvalue weighted by molar-refractivity contribution is 5.38. The number of hydrogen-bond donors (Lipinski definition) is 0. The van der Waals surface area contributed by atoms with Gasteiger partial charge in [-0.05, 0) is 19.9 Å². The molecule has 0 aromatic carbocycles. The van der Waals surface area contributed by atoms with Gasteiger partial charge < -0.3 is 0 Å². The molecule has 0 radical (unpaired) electrons. The van der Waals surface area contributed by atoms with Crippen LogP contribution in [0.4, 0.5) is 0 Å². The van der Waals surface area contributed by atoms with Gasteiger partial charge in [0.05, 0.1) is 6.20 Å². The number of aromatic nitrogens is 3. The van der Waals surface area contributed by atoms with Crippen molar-refractivity contribution in [3.05, 3.63) is 29.7 Å². The minimum Gasteiger partial charge on any atom is -0.234 e. The van der Waals surface area contributed by atoms with E-state index < -0.39 is 0 Å². The van der Waals surface area contributed by atoms with E-state index in [9.17, 15) is 0 Å². The number of rotatable bonds is 0. The standard InChI is InChI=1S/C8H9N3.C2H6/c1-6-5-7(2)11-8(10-6)3-4-9-11;1-2/h3-5H,1-2H3;1-2H3. The fraction of sp³-hybridized carbons (Fsp3) is 0.400. The molecule has 0 bridgehead atoms. The third-order valence-corrected chi connectivity index (χ3v) is 1.67. The Morgan fingerprint density at radius 1 is 1.23 bits per heavy atom. The molecule has 0 N–H and O–H groups in total. The van der Waals surface area contributed by atoms with Crippen LogP contribution in [0.25, 0.3) is 5.65 Å². The van der Waals surface area contributed by atoms with Crippen molar-refractivity contribution < 1.29 is 0 Å². The Kier molecular flexibility index (Phi) is 3.01. The van der Waals surface area contributed by atoms with Crippen LogP contribution in [0.15, 0.2) is 18.3 Å². The first kappa shape index (κ1) is 9.71. The summed E-state index contributed by atoms with van der Waals surface area (Å²) in [4.78, 5) is 4.30. The molecule has 0 aliphatic heterocycles. The van der Waals surface area contributed by atoms with Crippen LogP contribution >= 0.6 is 0 Å². The molecule has 0 saturated carbocycles. The van der Waals surface area contributed by atoms with Gasteiger partial charge in [-0.1, -0.05) is 13.8 Å². The van der Waals surface area contributed by atoms with Gasteiger partial charge >= 0.3 is 0 Å². The van der Waals surface area contributed by atoms with E-state index in [1.165, 1.54) is 0 Å². The van der Waals surface area contributed by atoms with E-state index in [0.717, 1.165) is 17.0 Å². The molecule has 2 aromatic heterocycles. The zero-order valence-electron chi connectivity index (χ0n) is 8.57. The van der Waals surface area contributed by atoms with E-state index in [1.54, 1.807) is 6.20 Å². The summed E-state index contributed by atoms with van der Waals surface area (Å²) >= 11 is 0. The van der Waals surface area contributed by atoms with Gasteiger partial charge in [0.25, 0.3) is 0 Å². The smallest absolute Gasteiger partial charge is 0.155 e. The third-order valence-electron chi connectivity index (χ3n) is 1.67. The van der Waals surface area contributed by atoms with Gasteiger partial charge in [0.15, 0.2) is 5.65 Å². The molecule has 0 spiro atoms. The van der Waals surface area contributed by atoms with Crippen molar-refractivity contribution in [2.24, 2.45) is 0 Å². The summed E-state index contributed by atoms with van der Waals surface area (Å²) in [7, 11) is 0. The highest BCUT2D eigenvalue weighted by Gasteiger charge is 1.97. The summed E-state index contributed by atoms with van der Waals surface area (Å²) in [6.07, 6.45) is 1.76. The first-order valence-corrected chi connectivity index (χ1v) is 4.55. The monoisotopic (exact) mass is 177 g/mol. The van der Waals surface area contributed by atoms with E-state index in [0.29, 0.717) is 0 Å². The highest BCUT2D eigenvalue weighted by Crippen LogP contribution is 2.04. The Labute approximate surface area is 78.4 Å². The predicted octanol–water partition coefficient (Wildman–Crippen LogP) is 2.37. The zero-order valence-corrected chi connectivity index (χ0v) is 8.57. The van der Waals surface area contributed by atoms with Crippen LogP contribution < -0.4 is 0 Å². The number of hydrogen-bond acceptors (Lipinski definition) is 2. The van der Waals surface area contributed by atoms with Crippen molar-refractivity contribution in [1.29, 1.82) is 0 Å². The third kappa shape index (κ3) is 1.86. The van der Waals surface area contributed by atoms with E-state index in [-0.39, 0.29) is 0 Å². The summed E-state index contributed by atoms with van der Waals surface area (Å²) in [5.74, 6) is 0. The molecule has 2 aromatic rings. The predicted molar refractivity (Wildman–Crippen MR) is 53.8 cm³/mol. The minimum absolute atomic E-state index is 0.919. The summed E-state index contributed by atoms with van der Waals surface area (Å²) in [5.41, 5.74) is 3.08. The molecule has 0 amide bonds. The molecule has 2 heterocycles. The van der Waals surface area contributed by atoms with Gasteiger partial charge in [-0.25, -0.2) is 9.50 Å². The fourth-order valence-electron chi connectivity index (χ4n) is 1.23. The molecule has 70 valence electrons. The molecule has 0 saturated heterocycles. The number of nitrogens with zero attached hydrogens (tertiary/aromatic N) is 3.